The fraction of sp³-hybridized carbons (Fsp3) is 0.722. The largest absolute Gasteiger partial charge is 0.476 e. The fourth-order valence-electron chi connectivity index (χ4n) is 4.44. The molecule has 3 heterocycles. The van der Waals surface area contributed by atoms with Crippen LogP contribution in [0.5, 0.6) is 0 Å². The van der Waals surface area contributed by atoms with Crippen LogP contribution in [0, 0.1) is 0 Å². The Hall–Kier alpha value is -1.16. The van der Waals surface area contributed by atoms with Crippen LogP contribution in [0.4, 0.5) is 0 Å². The average molecular weight is 413 g/mol. The standard InChI is InChI=1S/C18H28N4O3S2/c1-3-21-8-4-5-13(21)18(2,19)14-6-7-15(23)22(14)9-10-26-17-20-12(11-27-17)16(24)25/h11,13-14H,3-10,19H2,1-2H3,(H,24,25)/t13?,14-,18?/m1/s1. The van der Waals surface area contributed by atoms with E-state index in [1.807, 2.05) is 4.90 Å². The molecule has 1 amide bonds. The third-order valence-electron chi connectivity index (χ3n) is 5.79. The number of carbonyl (C=O) groups excluding carboxylic acids is 1. The van der Waals surface area contributed by atoms with Crippen molar-refractivity contribution in [1.82, 2.24) is 14.8 Å². The highest BCUT2D eigenvalue weighted by atomic mass is 32.2. The number of aromatic nitrogens is 1. The Kier molecular flexibility index (Phi) is 6.45. The fourth-order valence-corrected chi connectivity index (χ4v) is 6.25. The van der Waals surface area contributed by atoms with E-state index >= 15 is 0 Å². The molecule has 2 saturated heterocycles. The summed E-state index contributed by atoms with van der Waals surface area (Å²) in [6.07, 6.45) is 3.62. The van der Waals surface area contributed by atoms with Crippen LogP contribution >= 0.6 is 23.1 Å². The number of carbonyl (C=O) groups is 2. The number of aromatic carboxylic acids is 1. The van der Waals surface area contributed by atoms with Crippen molar-refractivity contribution >= 4 is 35.0 Å². The molecule has 2 aliphatic rings. The molecule has 150 valence electrons. The van der Waals surface area contributed by atoms with Crippen molar-refractivity contribution in [3.05, 3.63) is 11.1 Å². The van der Waals surface area contributed by atoms with Gasteiger partial charge in [0.15, 0.2) is 10.0 Å². The molecule has 0 aromatic carbocycles. The van der Waals surface area contributed by atoms with Gasteiger partial charge in [0.2, 0.25) is 5.91 Å². The first-order valence-electron chi connectivity index (χ1n) is 9.48. The summed E-state index contributed by atoms with van der Waals surface area (Å²) in [6.45, 7) is 6.96. The van der Waals surface area contributed by atoms with Gasteiger partial charge in [-0.3, -0.25) is 9.69 Å². The predicted molar refractivity (Wildman–Crippen MR) is 107 cm³/mol. The van der Waals surface area contributed by atoms with Gasteiger partial charge < -0.3 is 15.7 Å². The van der Waals surface area contributed by atoms with Gasteiger partial charge in [-0.1, -0.05) is 18.7 Å². The van der Waals surface area contributed by atoms with Gasteiger partial charge in [-0.15, -0.1) is 11.3 Å². The van der Waals surface area contributed by atoms with Crippen molar-refractivity contribution in [3.63, 3.8) is 0 Å². The molecule has 0 aliphatic carbocycles. The van der Waals surface area contributed by atoms with E-state index in [4.69, 9.17) is 10.8 Å². The monoisotopic (exact) mass is 412 g/mol. The normalized spacial score (nSPS) is 25.9. The number of hydrogen-bond acceptors (Lipinski definition) is 7. The number of thiazole rings is 1. The maximum Gasteiger partial charge on any atom is 0.355 e. The van der Waals surface area contributed by atoms with Crippen molar-refractivity contribution in [3.8, 4) is 0 Å². The Morgan fingerprint density at radius 3 is 2.93 bits per heavy atom. The second-order valence-electron chi connectivity index (χ2n) is 7.45. The molecular formula is C18H28N4O3S2. The molecule has 0 radical (unpaired) electrons. The smallest absolute Gasteiger partial charge is 0.355 e. The van der Waals surface area contributed by atoms with Gasteiger partial charge in [0, 0.05) is 35.7 Å². The van der Waals surface area contributed by atoms with Crippen molar-refractivity contribution in [2.75, 3.05) is 25.4 Å². The van der Waals surface area contributed by atoms with Gasteiger partial charge >= 0.3 is 5.97 Å². The van der Waals surface area contributed by atoms with Crippen LogP contribution < -0.4 is 5.73 Å². The molecule has 0 saturated carbocycles. The Morgan fingerprint density at radius 1 is 1.48 bits per heavy atom. The topological polar surface area (TPSA) is 99.8 Å². The Morgan fingerprint density at radius 2 is 2.26 bits per heavy atom. The first-order valence-corrected chi connectivity index (χ1v) is 11.3. The van der Waals surface area contributed by atoms with E-state index < -0.39 is 11.5 Å². The van der Waals surface area contributed by atoms with Crippen LogP contribution in [0.25, 0.3) is 0 Å². The van der Waals surface area contributed by atoms with E-state index in [2.05, 4.69) is 23.7 Å². The lowest BCUT2D eigenvalue weighted by atomic mass is 9.82. The average Bonchev–Trinajstić information content (AvgIpc) is 3.35. The molecule has 3 atom stereocenters. The van der Waals surface area contributed by atoms with Crippen molar-refractivity contribution in [2.45, 2.75) is 61.5 Å². The summed E-state index contributed by atoms with van der Waals surface area (Å²) in [7, 11) is 0. The molecule has 3 N–H and O–H groups in total. The molecule has 1 aromatic heterocycles. The van der Waals surface area contributed by atoms with E-state index in [-0.39, 0.29) is 17.6 Å². The van der Waals surface area contributed by atoms with Crippen LogP contribution in [0.15, 0.2) is 9.72 Å². The zero-order chi connectivity index (χ0) is 19.6. The molecule has 2 aliphatic heterocycles. The lowest BCUT2D eigenvalue weighted by Crippen LogP contribution is -2.64. The van der Waals surface area contributed by atoms with E-state index in [0.717, 1.165) is 36.7 Å². The zero-order valence-corrected chi connectivity index (χ0v) is 17.5. The third kappa shape index (κ3) is 4.31. The minimum Gasteiger partial charge on any atom is -0.476 e. The Balaban J connectivity index is 1.62. The number of nitrogens with two attached hydrogens (primary N) is 1. The molecule has 0 bridgehead atoms. The molecule has 27 heavy (non-hydrogen) atoms. The van der Waals surface area contributed by atoms with Crippen molar-refractivity contribution < 1.29 is 14.7 Å². The van der Waals surface area contributed by atoms with Crippen LogP contribution in [0.2, 0.25) is 0 Å². The number of carboxylic acids is 1. The second-order valence-corrected chi connectivity index (χ2v) is 9.65. The molecule has 0 spiro atoms. The molecule has 3 rings (SSSR count). The number of rotatable bonds is 8. The molecule has 7 nitrogen and oxygen atoms in total. The summed E-state index contributed by atoms with van der Waals surface area (Å²) in [5, 5.41) is 10.5. The van der Waals surface area contributed by atoms with Gasteiger partial charge in [0.1, 0.15) is 0 Å². The van der Waals surface area contributed by atoms with Gasteiger partial charge in [-0.25, -0.2) is 9.78 Å². The number of hydrogen-bond donors (Lipinski definition) is 2. The SMILES string of the molecule is CCN1CCCC1C(C)(N)[C@H]1CCC(=O)N1CCSc1nc(C(=O)O)cs1. The highest BCUT2D eigenvalue weighted by Gasteiger charge is 2.48. The van der Waals surface area contributed by atoms with Crippen LogP contribution in [0.1, 0.15) is 50.0 Å². The summed E-state index contributed by atoms with van der Waals surface area (Å²) in [5.74, 6) is -0.153. The van der Waals surface area contributed by atoms with Crippen LogP contribution in [0.3, 0.4) is 0 Å². The zero-order valence-electron chi connectivity index (χ0n) is 15.9. The predicted octanol–water partition coefficient (Wildman–Crippen LogP) is 2.13. The number of likely N-dealkylation sites (N-methyl/N-ethyl adjacent to an activating group) is 1. The summed E-state index contributed by atoms with van der Waals surface area (Å²) in [5.41, 5.74) is 6.49. The van der Waals surface area contributed by atoms with Crippen LogP contribution in [-0.2, 0) is 4.79 Å². The lowest BCUT2D eigenvalue weighted by Gasteiger charge is -2.44. The Bertz CT molecular complexity index is 694. The van der Waals surface area contributed by atoms with Gasteiger partial charge in [0.05, 0.1) is 6.04 Å². The van der Waals surface area contributed by atoms with E-state index in [1.165, 1.54) is 23.1 Å². The van der Waals surface area contributed by atoms with E-state index in [1.54, 1.807) is 5.38 Å². The number of likely N-dealkylation sites (tertiary alicyclic amines) is 2. The number of nitrogens with zero attached hydrogens (tertiary/aromatic N) is 3. The first kappa shape index (κ1) is 20.6. The molecule has 1 aromatic rings. The molecule has 2 unspecified atom stereocenters. The number of thioether (sulfide) groups is 1. The summed E-state index contributed by atoms with van der Waals surface area (Å²) < 4.78 is 0.721. The maximum atomic E-state index is 12.5. The highest BCUT2D eigenvalue weighted by Crippen LogP contribution is 2.35. The molecule has 9 heteroatoms. The van der Waals surface area contributed by atoms with Crippen molar-refractivity contribution in [1.29, 1.82) is 0 Å². The minimum absolute atomic E-state index is 0.0497. The van der Waals surface area contributed by atoms with Gasteiger partial charge in [-0.2, -0.15) is 0 Å². The van der Waals surface area contributed by atoms with E-state index in [0.29, 0.717) is 24.8 Å². The Labute approximate surface area is 168 Å². The third-order valence-corrected chi connectivity index (χ3v) is 7.80. The molecule has 2 fully saturated rings. The van der Waals surface area contributed by atoms with Gasteiger partial charge in [0.25, 0.3) is 0 Å². The maximum absolute atomic E-state index is 12.5. The number of amides is 1. The lowest BCUT2D eigenvalue weighted by molar-refractivity contribution is -0.129. The summed E-state index contributed by atoms with van der Waals surface area (Å²) >= 11 is 2.82. The first-order chi connectivity index (χ1) is 12.8. The van der Waals surface area contributed by atoms with Gasteiger partial charge in [-0.05, 0) is 39.3 Å². The summed E-state index contributed by atoms with van der Waals surface area (Å²) in [4.78, 5) is 31.9. The number of carboxylic acid groups (broad SMARTS) is 1. The quantitative estimate of drug-likeness (QED) is 0.631. The van der Waals surface area contributed by atoms with Crippen molar-refractivity contribution in [2.24, 2.45) is 5.73 Å². The van der Waals surface area contributed by atoms with E-state index in [9.17, 15) is 9.59 Å². The molecular weight excluding hydrogens is 384 g/mol. The summed E-state index contributed by atoms with van der Waals surface area (Å²) in [6, 6.07) is 0.360. The van der Waals surface area contributed by atoms with Crippen LogP contribution in [-0.4, -0.2) is 74.8 Å². The second kappa shape index (κ2) is 8.46. The minimum atomic E-state index is -1.01. The highest BCUT2D eigenvalue weighted by molar-refractivity contribution is 8.01.